The monoisotopic (exact) mass is 369 g/mol. The zero-order valence-electron chi connectivity index (χ0n) is 13.7. The number of hydrogen-bond donors (Lipinski definition) is 1. The van der Waals surface area contributed by atoms with Crippen LogP contribution in [0.1, 0.15) is 16.2 Å². The molecule has 0 saturated carbocycles. The first-order valence-corrected chi connectivity index (χ1v) is 8.98. The molecule has 1 aromatic heterocycles. The number of amides is 1. The number of anilines is 1. The smallest absolute Gasteiger partial charge is 0.322 e. The molecule has 8 heteroatoms. The number of fused-ring (bicyclic) bond motifs is 1. The molecule has 2 aromatic carbocycles. The largest absolute Gasteiger partial charge is 0.486 e. The molecule has 26 heavy (non-hydrogen) atoms. The third-order valence-electron chi connectivity index (χ3n) is 3.60. The van der Waals surface area contributed by atoms with E-state index in [0.29, 0.717) is 41.9 Å². The van der Waals surface area contributed by atoms with Gasteiger partial charge in [0.1, 0.15) is 13.2 Å². The van der Waals surface area contributed by atoms with Gasteiger partial charge in [-0.05, 0) is 30.3 Å². The molecule has 0 fully saturated rings. The lowest BCUT2D eigenvalue weighted by atomic mass is 10.2. The summed E-state index contributed by atoms with van der Waals surface area (Å²) in [4.78, 5) is 13.5. The van der Waals surface area contributed by atoms with Crippen molar-refractivity contribution in [2.45, 2.75) is 10.6 Å². The summed E-state index contributed by atoms with van der Waals surface area (Å²) in [5.74, 6) is 1.79. The summed E-state index contributed by atoms with van der Waals surface area (Å²) in [6, 6.07) is 15.0. The van der Waals surface area contributed by atoms with Gasteiger partial charge >= 0.3 is 6.01 Å². The number of rotatable bonds is 5. The Balaban J connectivity index is 1.38. The molecular formula is C18H15N3O4S. The van der Waals surface area contributed by atoms with E-state index < -0.39 is 0 Å². The minimum absolute atomic E-state index is 0.0635. The van der Waals surface area contributed by atoms with Crippen molar-refractivity contribution in [2.24, 2.45) is 0 Å². The summed E-state index contributed by atoms with van der Waals surface area (Å²) >= 11 is 1.58. The van der Waals surface area contributed by atoms with Gasteiger partial charge in [-0.3, -0.25) is 10.1 Å². The van der Waals surface area contributed by atoms with Gasteiger partial charge in [0, 0.05) is 10.5 Å². The van der Waals surface area contributed by atoms with Crippen molar-refractivity contribution >= 4 is 23.7 Å². The Labute approximate surface area is 153 Å². The number of carbonyl (C=O) groups is 1. The quantitative estimate of drug-likeness (QED) is 0.690. The minimum atomic E-state index is -0.354. The van der Waals surface area contributed by atoms with Gasteiger partial charge in [-0.15, -0.1) is 16.9 Å². The zero-order chi connectivity index (χ0) is 17.8. The van der Waals surface area contributed by atoms with E-state index in [0.717, 1.165) is 4.90 Å². The van der Waals surface area contributed by atoms with Gasteiger partial charge < -0.3 is 13.9 Å². The van der Waals surface area contributed by atoms with Gasteiger partial charge in [0.2, 0.25) is 5.89 Å². The first-order chi connectivity index (χ1) is 12.8. The van der Waals surface area contributed by atoms with E-state index in [2.05, 4.69) is 15.5 Å². The summed E-state index contributed by atoms with van der Waals surface area (Å²) in [6.07, 6.45) is 0. The SMILES string of the molecule is O=C(Nc1nnc(CSc2ccccc2)o1)c1ccc2c(c1)OCCO2. The number of benzene rings is 2. The Bertz CT molecular complexity index is 914. The fourth-order valence-corrected chi connectivity index (χ4v) is 3.13. The highest BCUT2D eigenvalue weighted by Gasteiger charge is 2.17. The summed E-state index contributed by atoms with van der Waals surface area (Å²) < 4.78 is 16.4. The lowest BCUT2D eigenvalue weighted by Crippen LogP contribution is -2.17. The topological polar surface area (TPSA) is 86.5 Å². The van der Waals surface area contributed by atoms with Crippen LogP contribution in [-0.2, 0) is 5.75 Å². The third kappa shape index (κ3) is 3.80. The van der Waals surface area contributed by atoms with Crippen LogP contribution in [0.2, 0.25) is 0 Å². The van der Waals surface area contributed by atoms with E-state index >= 15 is 0 Å². The number of nitrogens with one attached hydrogen (secondary N) is 1. The molecule has 1 N–H and O–H groups in total. The van der Waals surface area contributed by atoms with Crippen LogP contribution in [0.3, 0.4) is 0 Å². The van der Waals surface area contributed by atoms with E-state index in [1.165, 1.54) is 0 Å². The molecule has 0 aliphatic carbocycles. The minimum Gasteiger partial charge on any atom is -0.486 e. The van der Waals surface area contributed by atoms with Crippen molar-refractivity contribution in [3.05, 3.63) is 60.0 Å². The van der Waals surface area contributed by atoms with E-state index in [1.54, 1.807) is 30.0 Å². The van der Waals surface area contributed by atoms with Crippen molar-refractivity contribution in [1.82, 2.24) is 10.2 Å². The molecule has 2 heterocycles. The molecule has 0 spiro atoms. The van der Waals surface area contributed by atoms with Crippen molar-refractivity contribution in [2.75, 3.05) is 18.5 Å². The molecule has 7 nitrogen and oxygen atoms in total. The number of hydrogen-bond acceptors (Lipinski definition) is 7. The van der Waals surface area contributed by atoms with Crippen LogP contribution < -0.4 is 14.8 Å². The molecule has 4 rings (SSSR count). The second-order valence-corrected chi connectivity index (χ2v) is 6.46. The highest BCUT2D eigenvalue weighted by Crippen LogP contribution is 2.31. The molecule has 1 aliphatic rings. The predicted molar refractivity (Wildman–Crippen MR) is 95.7 cm³/mol. The Hall–Kier alpha value is -3.00. The lowest BCUT2D eigenvalue weighted by Gasteiger charge is -2.18. The van der Waals surface area contributed by atoms with E-state index in [9.17, 15) is 4.79 Å². The maximum absolute atomic E-state index is 12.3. The normalized spacial score (nSPS) is 12.6. The summed E-state index contributed by atoms with van der Waals surface area (Å²) in [5.41, 5.74) is 0.424. The van der Waals surface area contributed by atoms with Crippen LogP contribution in [0, 0.1) is 0 Å². The van der Waals surface area contributed by atoms with Gasteiger partial charge in [0.25, 0.3) is 5.91 Å². The zero-order valence-corrected chi connectivity index (χ0v) is 14.5. The van der Waals surface area contributed by atoms with Crippen molar-refractivity contribution in [3.8, 4) is 11.5 Å². The Kier molecular flexibility index (Phi) is 4.74. The Morgan fingerprint density at radius 3 is 2.69 bits per heavy atom. The summed E-state index contributed by atoms with van der Waals surface area (Å²) in [5, 5.41) is 10.4. The van der Waals surface area contributed by atoms with Crippen molar-refractivity contribution in [3.63, 3.8) is 0 Å². The first-order valence-electron chi connectivity index (χ1n) is 7.99. The molecule has 0 bridgehead atoms. The maximum atomic E-state index is 12.3. The summed E-state index contributed by atoms with van der Waals surface area (Å²) in [6.45, 7) is 0.967. The average Bonchev–Trinajstić information content (AvgIpc) is 3.14. The number of carbonyl (C=O) groups excluding carboxylic acids is 1. The Morgan fingerprint density at radius 2 is 1.85 bits per heavy atom. The summed E-state index contributed by atoms with van der Waals surface area (Å²) in [7, 11) is 0. The molecule has 0 unspecified atom stereocenters. The highest BCUT2D eigenvalue weighted by molar-refractivity contribution is 7.98. The van der Waals surface area contributed by atoms with Crippen molar-refractivity contribution < 1.29 is 18.7 Å². The predicted octanol–water partition coefficient (Wildman–Crippen LogP) is 3.39. The fourth-order valence-electron chi connectivity index (χ4n) is 2.38. The van der Waals surface area contributed by atoms with Gasteiger partial charge in [0.05, 0.1) is 5.75 Å². The van der Waals surface area contributed by atoms with Gasteiger partial charge in [-0.2, -0.15) is 0 Å². The molecule has 1 amide bonds. The molecule has 0 atom stereocenters. The Morgan fingerprint density at radius 1 is 1.04 bits per heavy atom. The molecule has 0 saturated heterocycles. The van der Waals surface area contributed by atoms with Crippen molar-refractivity contribution in [1.29, 1.82) is 0 Å². The van der Waals surface area contributed by atoms with Gasteiger partial charge in [0.15, 0.2) is 11.5 Å². The first kappa shape index (κ1) is 16.5. The van der Waals surface area contributed by atoms with E-state index in [4.69, 9.17) is 13.9 Å². The second kappa shape index (κ2) is 7.49. The van der Waals surface area contributed by atoms with Gasteiger partial charge in [-0.1, -0.05) is 23.3 Å². The number of aromatic nitrogens is 2. The molecule has 0 radical (unpaired) electrons. The maximum Gasteiger partial charge on any atom is 0.322 e. The lowest BCUT2D eigenvalue weighted by molar-refractivity contribution is 0.102. The van der Waals surface area contributed by atoms with Crippen LogP contribution in [0.15, 0.2) is 57.8 Å². The third-order valence-corrected chi connectivity index (χ3v) is 4.59. The number of ether oxygens (including phenoxy) is 2. The van der Waals surface area contributed by atoms with Crippen LogP contribution in [0.4, 0.5) is 6.01 Å². The van der Waals surface area contributed by atoms with Crippen LogP contribution in [-0.4, -0.2) is 29.3 Å². The number of thioether (sulfide) groups is 1. The molecule has 132 valence electrons. The molecule has 1 aliphatic heterocycles. The standard InChI is InChI=1S/C18H15N3O4S/c22-17(12-6-7-14-15(10-12)24-9-8-23-14)19-18-21-20-16(25-18)11-26-13-4-2-1-3-5-13/h1-7,10H,8-9,11H2,(H,19,21,22). The van der Waals surface area contributed by atoms with Crippen LogP contribution in [0.5, 0.6) is 11.5 Å². The second-order valence-electron chi connectivity index (χ2n) is 5.42. The number of nitrogens with zero attached hydrogens (tertiary/aromatic N) is 2. The fraction of sp³-hybridized carbons (Fsp3) is 0.167. The van der Waals surface area contributed by atoms with Crippen LogP contribution in [0.25, 0.3) is 0 Å². The van der Waals surface area contributed by atoms with Crippen LogP contribution >= 0.6 is 11.8 Å². The van der Waals surface area contributed by atoms with Gasteiger partial charge in [-0.25, -0.2) is 0 Å². The van der Waals surface area contributed by atoms with E-state index in [-0.39, 0.29) is 11.9 Å². The van der Waals surface area contributed by atoms with E-state index in [1.807, 2.05) is 30.3 Å². The average molecular weight is 369 g/mol. The highest BCUT2D eigenvalue weighted by atomic mass is 32.2. The molecule has 3 aromatic rings. The molecular weight excluding hydrogens is 354 g/mol.